The van der Waals surface area contributed by atoms with Crippen LogP contribution >= 0.6 is 0 Å². The summed E-state index contributed by atoms with van der Waals surface area (Å²) in [6.45, 7) is 7.69. The van der Waals surface area contributed by atoms with Crippen LogP contribution in [0.5, 0.6) is 0 Å². The minimum atomic E-state index is -0.232. The number of nitrogens with zero attached hydrogens (tertiary/aromatic N) is 1. The van der Waals surface area contributed by atoms with Gasteiger partial charge in [-0.1, -0.05) is 30.7 Å². The average molecular weight is 232 g/mol. The molecule has 0 radical (unpaired) electrons. The maximum atomic E-state index is 6.08. The smallest absolute Gasteiger partial charge is 0.0352 e. The van der Waals surface area contributed by atoms with Crippen molar-refractivity contribution in [1.29, 1.82) is 0 Å². The van der Waals surface area contributed by atoms with Crippen molar-refractivity contribution in [1.82, 2.24) is 4.90 Å². The molecule has 1 aliphatic heterocycles. The highest BCUT2D eigenvalue weighted by Crippen LogP contribution is 2.18. The van der Waals surface area contributed by atoms with Gasteiger partial charge >= 0.3 is 0 Å². The molecule has 0 bridgehead atoms. The van der Waals surface area contributed by atoms with Crippen LogP contribution in [0.4, 0.5) is 0 Å². The van der Waals surface area contributed by atoms with E-state index in [0.29, 0.717) is 0 Å². The van der Waals surface area contributed by atoms with E-state index in [-0.39, 0.29) is 5.54 Å². The minimum Gasteiger partial charge on any atom is -0.322 e. The molecule has 0 spiro atoms. The summed E-state index contributed by atoms with van der Waals surface area (Å²) in [5, 5.41) is 0. The second-order valence-corrected chi connectivity index (χ2v) is 5.76. The van der Waals surface area contributed by atoms with Gasteiger partial charge in [0.15, 0.2) is 0 Å². The van der Waals surface area contributed by atoms with Gasteiger partial charge in [-0.25, -0.2) is 0 Å². The van der Waals surface area contributed by atoms with E-state index in [1.165, 1.54) is 43.5 Å². The zero-order chi connectivity index (χ0) is 12.3. The molecule has 1 aliphatic rings. The van der Waals surface area contributed by atoms with Gasteiger partial charge in [0.1, 0.15) is 0 Å². The molecule has 0 unspecified atom stereocenters. The highest BCUT2D eigenvalue weighted by Gasteiger charge is 2.14. The van der Waals surface area contributed by atoms with E-state index in [4.69, 9.17) is 5.73 Å². The van der Waals surface area contributed by atoms with Gasteiger partial charge in [0.25, 0.3) is 0 Å². The molecule has 2 rings (SSSR count). The number of likely N-dealkylation sites (tertiary alicyclic amines) is 1. The molecular weight excluding hydrogens is 208 g/mol. The Bertz CT molecular complexity index is 342. The maximum Gasteiger partial charge on any atom is 0.0352 e. The van der Waals surface area contributed by atoms with Crippen LogP contribution in [0.2, 0.25) is 0 Å². The lowest BCUT2D eigenvalue weighted by atomic mass is 9.95. The van der Waals surface area contributed by atoms with Gasteiger partial charge in [-0.05, 0) is 50.9 Å². The number of benzene rings is 1. The fourth-order valence-corrected chi connectivity index (χ4v) is 2.42. The molecule has 1 fully saturated rings. The van der Waals surface area contributed by atoms with E-state index >= 15 is 0 Å². The normalized spacial score (nSPS) is 18.3. The van der Waals surface area contributed by atoms with Crippen molar-refractivity contribution in [3.05, 3.63) is 35.4 Å². The molecule has 0 saturated carbocycles. The number of hydrogen-bond donors (Lipinski definition) is 1. The van der Waals surface area contributed by atoms with E-state index in [1.54, 1.807) is 0 Å². The molecular formula is C15H24N2. The first-order valence-electron chi connectivity index (χ1n) is 6.66. The van der Waals surface area contributed by atoms with Gasteiger partial charge in [0.2, 0.25) is 0 Å². The lowest BCUT2D eigenvalue weighted by molar-refractivity contribution is 0.221. The van der Waals surface area contributed by atoms with Crippen molar-refractivity contribution < 1.29 is 0 Å². The molecule has 1 heterocycles. The zero-order valence-corrected chi connectivity index (χ0v) is 11.1. The van der Waals surface area contributed by atoms with E-state index in [1.807, 2.05) is 13.8 Å². The van der Waals surface area contributed by atoms with Gasteiger partial charge in [-0.15, -0.1) is 0 Å². The second-order valence-electron chi connectivity index (χ2n) is 5.76. The maximum absolute atomic E-state index is 6.08. The first-order valence-corrected chi connectivity index (χ1v) is 6.66. The summed E-state index contributed by atoms with van der Waals surface area (Å²) in [6.07, 6.45) is 4.11. The first-order chi connectivity index (χ1) is 8.05. The number of rotatable bonds is 3. The quantitative estimate of drug-likeness (QED) is 0.868. The Balaban J connectivity index is 1.98. The summed E-state index contributed by atoms with van der Waals surface area (Å²) < 4.78 is 0. The van der Waals surface area contributed by atoms with Crippen LogP contribution in [0, 0.1) is 0 Å². The minimum absolute atomic E-state index is 0.232. The molecule has 2 N–H and O–H groups in total. The van der Waals surface area contributed by atoms with Crippen molar-refractivity contribution in [2.45, 2.75) is 45.2 Å². The molecule has 2 heteroatoms. The molecule has 0 aliphatic carbocycles. The summed E-state index contributed by atoms with van der Waals surface area (Å²) in [4.78, 5) is 2.55. The van der Waals surface area contributed by atoms with Crippen molar-refractivity contribution in [3.8, 4) is 0 Å². The molecule has 17 heavy (non-hydrogen) atoms. The van der Waals surface area contributed by atoms with E-state index in [2.05, 4.69) is 29.2 Å². The Labute approximate surface area is 105 Å². The van der Waals surface area contributed by atoms with E-state index in [0.717, 1.165) is 6.54 Å². The highest BCUT2D eigenvalue weighted by molar-refractivity contribution is 5.27. The molecule has 1 aromatic carbocycles. The van der Waals surface area contributed by atoms with Crippen molar-refractivity contribution >= 4 is 0 Å². The topological polar surface area (TPSA) is 29.3 Å². The Hall–Kier alpha value is -0.860. The van der Waals surface area contributed by atoms with Crippen molar-refractivity contribution in [2.75, 3.05) is 13.1 Å². The van der Waals surface area contributed by atoms with Crippen molar-refractivity contribution in [2.24, 2.45) is 5.73 Å². The van der Waals surface area contributed by atoms with Crippen molar-refractivity contribution in [3.63, 3.8) is 0 Å². The second kappa shape index (κ2) is 5.19. The molecule has 1 saturated heterocycles. The van der Waals surface area contributed by atoms with Gasteiger partial charge in [0, 0.05) is 12.1 Å². The Morgan fingerprint density at radius 3 is 2.18 bits per heavy atom. The SMILES string of the molecule is CC(C)(N)c1ccc(CN2CCCCC2)cc1. The third-order valence-corrected chi connectivity index (χ3v) is 3.55. The zero-order valence-electron chi connectivity index (χ0n) is 11.1. The third-order valence-electron chi connectivity index (χ3n) is 3.55. The van der Waals surface area contributed by atoms with Gasteiger partial charge in [-0.3, -0.25) is 4.90 Å². The fraction of sp³-hybridized carbons (Fsp3) is 0.600. The van der Waals surface area contributed by atoms with Crippen LogP contribution in [-0.4, -0.2) is 18.0 Å². The Morgan fingerprint density at radius 1 is 1.06 bits per heavy atom. The summed E-state index contributed by atoms with van der Waals surface area (Å²) >= 11 is 0. The third kappa shape index (κ3) is 3.55. The van der Waals surface area contributed by atoms with Crippen LogP contribution in [0.3, 0.4) is 0 Å². The summed E-state index contributed by atoms with van der Waals surface area (Å²) in [7, 11) is 0. The van der Waals surface area contributed by atoms with E-state index < -0.39 is 0 Å². The van der Waals surface area contributed by atoms with Crippen LogP contribution in [0.15, 0.2) is 24.3 Å². The van der Waals surface area contributed by atoms with Crippen LogP contribution in [0.25, 0.3) is 0 Å². The molecule has 1 aromatic rings. The Morgan fingerprint density at radius 2 is 1.65 bits per heavy atom. The van der Waals surface area contributed by atoms with Crippen LogP contribution in [0.1, 0.15) is 44.2 Å². The number of nitrogens with two attached hydrogens (primary N) is 1. The fourth-order valence-electron chi connectivity index (χ4n) is 2.42. The van der Waals surface area contributed by atoms with Gasteiger partial charge < -0.3 is 5.73 Å². The summed E-state index contributed by atoms with van der Waals surface area (Å²) in [5.41, 5.74) is 8.46. The molecule has 0 amide bonds. The van der Waals surface area contributed by atoms with E-state index in [9.17, 15) is 0 Å². The molecule has 2 nitrogen and oxygen atoms in total. The first kappa shape index (κ1) is 12.6. The van der Waals surface area contributed by atoms with Gasteiger partial charge in [0.05, 0.1) is 0 Å². The van der Waals surface area contributed by atoms with Crippen LogP contribution < -0.4 is 5.73 Å². The number of hydrogen-bond acceptors (Lipinski definition) is 2. The largest absolute Gasteiger partial charge is 0.322 e. The standard InChI is InChI=1S/C15H24N2/c1-15(2,16)14-8-6-13(7-9-14)12-17-10-4-3-5-11-17/h6-9H,3-5,10-12,16H2,1-2H3. The highest BCUT2D eigenvalue weighted by atomic mass is 15.1. The average Bonchev–Trinajstić information content (AvgIpc) is 2.30. The molecule has 0 aromatic heterocycles. The Kier molecular flexibility index (Phi) is 3.85. The number of piperidine rings is 1. The molecule has 0 atom stereocenters. The summed E-state index contributed by atoms with van der Waals surface area (Å²) in [6, 6.07) is 8.77. The van der Waals surface area contributed by atoms with Crippen LogP contribution in [-0.2, 0) is 12.1 Å². The summed E-state index contributed by atoms with van der Waals surface area (Å²) in [5.74, 6) is 0. The monoisotopic (exact) mass is 232 g/mol. The lowest BCUT2D eigenvalue weighted by Gasteiger charge is -2.26. The molecule has 94 valence electrons. The van der Waals surface area contributed by atoms with Gasteiger partial charge in [-0.2, -0.15) is 0 Å². The lowest BCUT2D eigenvalue weighted by Crippen LogP contribution is -2.30. The predicted molar refractivity (Wildman–Crippen MR) is 72.8 cm³/mol. The predicted octanol–water partition coefficient (Wildman–Crippen LogP) is 2.87.